The van der Waals surface area contributed by atoms with E-state index in [1.54, 1.807) is 0 Å². The summed E-state index contributed by atoms with van der Waals surface area (Å²) in [5.74, 6) is 0. The highest BCUT2D eigenvalue weighted by molar-refractivity contribution is 5.97. The molecule has 6 rings (SSSR count). The van der Waals surface area contributed by atoms with Crippen LogP contribution in [0.1, 0.15) is 0 Å². The molecule has 2 N–H and O–H groups in total. The number of rotatable bonds is 4. The summed E-state index contributed by atoms with van der Waals surface area (Å²) in [5, 5.41) is 1.21. The smallest absolute Gasteiger partial charge is 0.211 e. The van der Waals surface area contributed by atoms with E-state index in [2.05, 4.69) is 131 Å². The van der Waals surface area contributed by atoms with Crippen LogP contribution < -0.4 is 9.97 Å². The molecule has 2 aromatic heterocycles. The van der Waals surface area contributed by atoms with Gasteiger partial charge in [-0.05, 0) is 52.1 Å². The van der Waals surface area contributed by atoms with E-state index in [0.717, 1.165) is 11.2 Å². The largest absolute Gasteiger partial charge is 0.218 e. The zero-order chi connectivity index (χ0) is 22.7. The Morgan fingerprint density at radius 1 is 0.412 bits per heavy atom. The third kappa shape index (κ3) is 3.87. The molecule has 6 aromatic rings. The lowest BCUT2D eigenvalue weighted by Crippen LogP contribution is -2.09. The molecule has 4 aromatic carbocycles. The third-order valence-electron chi connectivity index (χ3n) is 6.31. The molecular formula is C32H24N2+2. The van der Waals surface area contributed by atoms with E-state index in [1.165, 1.54) is 44.3 Å². The molecule has 0 saturated carbocycles. The second-order valence-corrected chi connectivity index (χ2v) is 8.46. The van der Waals surface area contributed by atoms with E-state index in [9.17, 15) is 0 Å². The molecule has 0 saturated heterocycles. The van der Waals surface area contributed by atoms with Crippen LogP contribution in [0.25, 0.3) is 55.5 Å². The van der Waals surface area contributed by atoms with Crippen molar-refractivity contribution in [3.05, 3.63) is 134 Å². The Kier molecular flexibility index (Phi) is 5.17. The normalized spacial score (nSPS) is 10.9. The van der Waals surface area contributed by atoms with E-state index < -0.39 is 0 Å². The van der Waals surface area contributed by atoms with Crippen molar-refractivity contribution in [3.8, 4) is 44.6 Å². The van der Waals surface area contributed by atoms with E-state index >= 15 is 0 Å². The average molecular weight is 437 g/mol. The maximum atomic E-state index is 3.67. The van der Waals surface area contributed by atoms with Gasteiger partial charge in [0, 0.05) is 35.4 Å². The molecule has 0 aliphatic carbocycles. The lowest BCUT2D eigenvalue weighted by atomic mass is 9.94. The van der Waals surface area contributed by atoms with Crippen LogP contribution in [0.4, 0.5) is 0 Å². The average Bonchev–Trinajstić information content (AvgIpc) is 2.94. The Balaban J connectivity index is 1.54. The number of hydrogen-bond donors (Lipinski definition) is 0. The molecule has 0 atom stereocenters. The summed E-state index contributed by atoms with van der Waals surface area (Å²) in [6.45, 7) is 0. The minimum absolute atomic E-state index is 1.11. The van der Waals surface area contributed by atoms with Crippen LogP contribution >= 0.6 is 0 Å². The van der Waals surface area contributed by atoms with Crippen molar-refractivity contribution >= 4 is 10.9 Å². The van der Waals surface area contributed by atoms with Crippen LogP contribution in [0.15, 0.2) is 134 Å². The molecule has 34 heavy (non-hydrogen) atoms. The number of nitrogens with one attached hydrogen (secondary N) is 2. The SMILES string of the molecule is c1ccc(-c2ccc3[nH+]c(-c4ccccc4)cc(-c4ccc(-c5cc[nH+]cc5)cc4)c3c2)cc1. The van der Waals surface area contributed by atoms with Gasteiger partial charge in [0.15, 0.2) is 12.4 Å². The molecule has 0 unspecified atom stereocenters. The van der Waals surface area contributed by atoms with Crippen LogP contribution in [-0.4, -0.2) is 0 Å². The lowest BCUT2D eigenvalue weighted by molar-refractivity contribution is -0.377. The predicted molar refractivity (Wildman–Crippen MR) is 139 cm³/mol. The first-order valence-corrected chi connectivity index (χ1v) is 11.5. The minimum atomic E-state index is 1.11. The van der Waals surface area contributed by atoms with Crippen LogP contribution in [0.5, 0.6) is 0 Å². The molecule has 0 spiro atoms. The quantitative estimate of drug-likeness (QED) is 0.281. The summed E-state index contributed by atoms with van der Waals surface area (Å²) in [5.41, 5.74) is 10.7. The molecule has 0 aliphatic heterocycles. The van der Waals surface area contributed by atoms with E-state index in [-0.39, 0.29) is 0 Å². The fourth-order valence-electron chi connectivity index (χ4n) is 4.52. The Morgan fingerprint density at radius 3 is 1.68 bits per heavy atom. The number of benzene rings is 4. The van der Waals surface area contributed by atoms with Crippen molar-refractivity contribution in [1.29, 1.82) is 0 Å². The van der Waals surface area contributed by atoms with Crippen molar-refractivity contribution in [2.45, 2.75) is 0 Å². The first kappa shape index (κ1) is 20.1. The number of pyridine rings is 2. The van der Waals surface area contributed by atoms with Crippen molar-refractivity contribution in [2.75, 3.05) is 0 Å². The fourth-order valence-corrected chi connectivity index (χ4v) is 4.52. The van der Waals surface area contributed by atoms with Gasteiger partial charge in [-0.25, -0.2) is 9.97 Å². The number of aromatic nitrogens is 2. The van der Waals surface area contributed by atoms with Gasteiger partial charge in [-0.15, -0.1) is 0 Å². The zero-order valence-corrected chi connectivity index (χ0v) is 18.7. The minimum Gasteiger partial charge on any atom is -0.218 e. The maximum Gasteiger partial charge on any atom is 0.211 e. The maximum absolute atomic E-state index is 3.67. The number of aromatic amines is 2. The molecule has 0 fully saturated rings. The van der Waals surface area contributed by atoms with Gasteiger partial charge in [0.25, 0.3) is 0 Å². The first-order valence-electron chi connectivity index (χ1n) is 11.5. The van der Waals surface area contributed by atoms with Gasteiger partial charge >= 0.3 is 0 Å². The Labute approximate surface area is 199 Å². The van der Waals surface area contributed by atoms with Crippen molar-refractivity contribution in [1.82, 2.24) is 0 Å². The Bertz CT molecular complexity index is 1560. The predicted octanol–water partition coefficient (Wildman–Crippen LogP) is 7.14. The van der Waals surface area contributed by atoms with Gasteiger partial charge in [0.1, 0.15) is 0 Å². The molecule has 160 valence electrons. The van der Waals surface area contributed by atoms with E-state index in [1.807, 2.05) is 12.4 Å². The number of H-pyrrole nitrogens is 2. The molecule has 2 heterocycles. The van der Waals surface area contributed by atoms with Crippen molar-refractivity contribution in [2.24, 2.45) is 0 Å². The molecular weight excluding hydrogens is 412 g/mol. The van der Waals surface area contributed by atoms with Gasteiger partial charge in [-0.3, -0.25) is 0 Å². The summed E-state index contributed by atoms with van der Waals surface area (Å²) in [6, 6.07) is 43.1. The molecule has 0 bridgehead atoms. The van der Waals surface area contributed by atoms with Crippen LogP contribution in [-0.2, 0) is 0 Å². The van der Waals surface area contributed by atoms with Crippen molar-refractivity contribution in [3.63, 3.8) is 0 Å². The second kappa shape index (κ2) is 8.76. The standard InChI is InChI=1S/C32H22N2/c1-3-7-23(8-4-1)28-15-16-31-30(21-28)29(22-32(34-31)27-9-5-2-6-10-27)26-13-11-24(12-14-26)25-17-19-33-20-18-25/h1-22H/p+2. The van der Waals surface area contributed by atoms with Crippen LogP contribution in [0.2, 0.25) is 0 Å². The fraction of sp³-hybridized carbons (Fsp3) is 0. The zero-order valence-electron chi connectivity index (χ0n) is 18.7. The molecule has 2 nitrogen and oxygen atoms in total. The highest BCUT2D eigenvalue weighted by Crippen LogP contribution is 2.34. The lowest BCUT2D eigenvalue weighted by Gasteiger charge is -2.10. The number of fused-ring (bicyclic) bond motifs is 1. The topological polar surface area (TPSA) is 28.3 Å². The molecule has 0 radical (unpaired) electrons. The highest BCUT2D eigenvalue weighted by Gasteiger charge is 2.16. The van der Waals surface area contributed by atoms with E-state index in [0.29, 0.717) is 0 Å². The van der Waals surface area contributed by atoms with Crippen molar-refractivity contribution < 1.29 is 9.97 Å². The van der Waals surface area contributed by atoms with Crippen LogP contribution in [0, 0.1) is 0 Å². The van der Waals surface area contributed by atoms with Gasteiger partial charge < -0.3 is 0 Å². The first-order chi connectivity index (χ1) is 16.8. The summed E-state index contributed by atoms with van der Waals surface area (Å²) in [7, 11) is 0. The molecule has 0 amide bonds. The summed E-state index contributed by atoms with van der Waals surface area (Å²) in [6.07, 6.45) is 3.92. The highest BCUT2D eigenvalue weighted by atomic mass is 14.7. The van der Waals surface area contributed by atoms with E-state index in [4.69, 9.17) is 0 Å². The van der Waals surface area contributed by atoms with Gasteiger partial charge in [0.2, 0.25) is 11.2 Å². The molecule has 0 aliphatic rings. The molecule has 2 heteroatoms. The number of hydrogen-bond acceptors (Lipinski definition) is 0. The Hall–Kier alpha value is -4.56. The Morgan fingerprint density at radius 2 is 0.971 bits per heavy atom. The summed E-state index contributed by atoms with van der Waals surface area (Å²) < 4.78 is 0. The third-order valence-corrected chi connectivity index (χ3v) is 6.31. The monoisotopic (exact) mass is 436 g/mol. The summed E-state index contributed by atoms with van der Waals surface area (Å²) in [4.78, 5) is 6.76. The second-order valence-electron chi connectivity index (χ2n) is 8.46. The summed E-state index contributed by atoms with van der Waals surface area (Å²) >= 11 is 0. The van der Waals surface area contributed by atoms with Gasteiger partial charge in [0.05, 0.1) is 5.39 Å². The van der Waals surface area contributed by atoms with Gasteiger partial charge in [-0.1, -0.05) is 72.8 Å². The van der Waals surface area contributed by atoms with Gasteiger partial charge in [-0.2, -0.15) is 0 Å². The van der Waals surface area contributed by atoms with Crippen LogP contribution in [0.3, 0.4) is 0 Å².